The number of rotatable bonds is 3. The molecule has 12 heavy (non-hydrogen) atoms. The van der Waals surface area contributed by atoms with Crippen LogP contribution in [-0.2, 0) is 0 Å². The van der Waals surface area contributed by atoms with E-state index in [1.54, 1.807) is 0 Å². The first-order chi connectivity index (χ1) is 5.66. The molecule has 0 fully saturated rings. The zero-order valence-corrected chi connectivity index (χ0v) is 9.95. The Morgan fingerprint density at radius 1 is 1.00 bits per heavy atom. The molecule has 0 radical (unpaired) electrons. The third-order valence-corrected chi connectivity index (χ3v) is 1.17. The van der Waals surface area contributed by atoms with E-state index in [2.05, 4.69) is 0 Å². The summed E-state index contributed by atoms with van der Waals surface area (Å²) in [7, 11) is 0. The molecule has 0 aliphatic heterocycles. The van der Waals surface area contributed by atoms with Crippen LogP contribution >= 0.6 is 0 Å². The molecule has 78 valence electrons. The summed E-state index contributed by atoms with van der Waals surface area (Å²) in [5, 5.41) is 0. The lowest BCUT2D eigenvalue weighted by Gasteiger charge is -2.06. The first kappa shape index (κ1) is 17.9. The van der Waals surface area contributed by atoms with Crippen molar-refractivity contribution in [2.24, 2.45) is 5.92 Å². The van der Waals surface area contributed by atoms with Crippen molar-refractivity contribution < 1.29 is 4.39 Å². The lowest BCUT2D eigenvalue weighted by Crippen LogP contribution is -2.01. The van der Waals surface area contributed by atoms with Crippen LogP contribution in [0.3, 0.4) is 0 Å². The fourth-order valence-electron chi connectivity index (χ4n) is 0.678. The minimum atomic E-state index is -0.574. The van der Waals surface area contributed by atoms with Gasteiger partial charge in [-0.3, -0.25) is 0 Å². The van der Waals surface area contributed by atoms with E-state index >= 15 is 0 Å². The van der Waals surface area contributed by atoms with Crippen LogP contribution in [0.15, 0.2) is 0 Å². The van der Waals surface area contributed by atoms with Crippen LogP contribution in [-0.4, -0.2) is 6.17 Å². The normalized spacial score (nSPS) is 10.8. The molecular weight excluding hydrogens is 151 g/mol. The maximum atomic E-state index is 12.4. The molecule has 0 N–H and O–H groups in total. The van der Waals surface area contributed by atoms with E-state index in [-0.39, 0.29) is 0 Å². The predicted octanol–water partition coefficient (Wildman–Crippen LogP) is 4.83. The monoisotopic (exact) mass is 178 g/mol. The maximum absolute atomic E-state index is 12.4. The second-order valence-electron chi connectivity index (χ2n) is 2.64. The van der Waals surface area contributed by atoms with Crippen molar-refractivity contribution >= 4 is 0 Å². The SMILES string of the molecule is CC.CC.CCC(F)CC(C)C. The topological polar surface area (TPSA) is 0 Å². The standard InChI is InChI=1S/C7H15F.2C2H6/c1-4-7(8)5-6(2)3;2*1-2/h6-7H,4-5H2,1-3H3;2*1-2H3. The highest BCUT2D eigenvalue weighted by atomic mass is 19.1. The Bertz CT molecular complexity index is 51.0. The molecule has 0 spiro atoms. The van der Waals surface area contributed by atoms with Gasteiger partial charge >= 0.3 is 0 Å². The lowest BCUT2D eigenvalue weighted by molar-refractivity contribution is 0.275. The van der Waals surface area contributed by atoms with Crippen LogP contribution < -0.4 is 0 Å². The number of alkyl halides is 1. The molecule has 0 aliphatic rings. The molecule has 0 rings (SSSR count). The van der Waals surface area contributed by atoms with Gasteiger partial charge in [-0.1, -0.05) is 48.5 Å². The Balaban J connectivity index is -0.000000175. The highest BCUT2D eigenvalue weighted by Gasteiger charge is 2.04. The molecule has 0 nitrogen and oxygen atoms in total. The minimum Gasteiger partial charge on any atom is -0.247 e. The summed E-state index contributed by atoms with van der Waals surface area (Å²) in [5.41, 5.74) is 0. The van der Waals surface area contributed by atoms with Gasteiger partial charge in [0, 0.05) is 0 Å². The molecule has 0 aromatic rings. The summed E-state index contributed by atoms with van der Waals surface area (Å²) >= 11 is 0. The van der Waals surface area contributed by atoms with Gasteiger partial charge in [0.15, 0.2) is 0 Å². The van der Waals surface area contributed by atoms with E-state index in [4.69, 9.17) is 0 Å². The summed E-state index contributed by atoms with van der Waals surface area (Å²) < 4.78 is 12.4. The van der Waals surface area contributed by atoms with Crippen molar-refractivity contribution in [3.63, 3.8) is 0 Å². The maximum Gasteiger partial charge on any atom is 0.100 e. The minimum absolute atomic E-state index is 0.505. The van der Waals surface area contributed by atoms with E-state index in [9.17, 15) is 4.39 Å². The molecule has 0 saturated heterocycles. The van der Waals surface area contributed by atoms with E-state index < -0.39 is 6.17 Å². The van der Waals surface area contributed by atoms with Crippen molar-refractivity contribution in [2.75, 3.05) is 0 Å². The molecule has 0 bridgehead atoms. The van der Waals surface area contributed by atoms with Crippen molar-refractivity contribution in [1.29, 1.82) is 0 Å². The molecular formula is C11H27F. The number of halogens is 1. The second kappa shape index (κ2) is 17.1. The van der Waals surface area contributed by atoms with Crippen molar-refractivity contribution in [1.82, 2.24) is 0 Å². The fraction of sp³-hybridized carbons (Fsp3) is 1.00. The average Bonchev–Trinajstić information content (AvgIpc) is 2.10. The third-order valence-electron chi connectivity index (χ3n) is 1.17. The average molecular weight is 178 g/mol. The summed E-state index contributed by atoms with van der Waals surface area (Å²) in [6.07, 6.45) is 0.810. The molecule has 1 heteroatoms. The Labute approximate surface area is 78.6 Å². The predicted molar refractivity (Wildman–Crippen MR) is 57.3 cm³/mol. The molecule has 1 unspecified atom stereocenters. The molecule has 1 atom stereocenters. The highest BCUT2D eigenvalue weighted by molar-refractivity contribution is 4.54. The van der Waals surface area contributed by atoms with Crippen LogP contribution in [0.4, 0.5) is 4.39 Å². The van der Waals surface area contributed by atoms with Gasteiger partial charge in [0.2, 0.25) is 0 Å². The van der Waals surface area contributed by atoms with Gasteiger partial charge in [-0.15, -0.1) is 0 Å². The molecule has 0 heterocycles. The van der Waals surface area contributed by atoms with Gasteiger partial charge in [-0.05, 0) is 18.8 Å². The smallest absolute Gasteiger partial charge is 0.100 e. The van der Waals surface area contributed by atoms with Crippen LogP contribution in [0.25, 0.3) is 0 Å². The molecule has 0 saturated carbocycles. The quantitative estimate of drug-likeness (QED) is 0.580. The van der Waals surface area contributed by atoms with E-state index in [0.717, 1.165) is 6.42 Å². The second-order valence-corrected chi connectivity index (χ2v) is 2.64. The summed E-state index contributed by atoms with van der Waals surface area (Å²) in [6, 6.07) is 0. The fourth-order valence-corrected chi connectivity index (χ4v) is 0.678. The van der Waals surface area contributed by atoms with Gasteiger partial charge in [0.1, 0.15) is 6.17 Å². The Morgan fingerprint density at radius 2 is 1.33 bits per heavy atom. The van der Waals surface area contributed by atoms with Gasteiger partial charge < -0.3 is 0 Å². The van der Waals surface area contributed by atoms with Gasteiger partial charge in [0.25, 0.3) is 0 Å². The Kier molecular flexibility index (Phi) is 25.5. The molecule has 0 amide bonds. The van der Waals surface area contributed by atoms with Crippen molar-refractivity contribution in [2.45, 2.75) is 67.5 Å². The number of hydrogen-bond acceptors (Lipinski definition) is 0. The Morgan fingerprint density at radius 3 is 1.42 bits per heavy atom. The zero-order chi connectivity index (χ0) is 10.6. The summed E-state index contributed by atoms with van der Waals surface area (Å²) in [4.78, 5) is 0. The van der Waals surface area contributed by atoms with Gasteiger partial charge in [-0.25, -0.2) is 4.39 Å². The van der Waals surface area contributed by atoms with Crippen LogP contribution in [0.1, 0.15) is 61.3 Å². The first-order valence-corrected chi connectivity index (χ1v) is 5.30. The largest absolute Gasteiger partial charge is 0.247 e. The summed E-state index contributed by atoms with van der Waals surface area (Å²) in [6.45, 7) is 14.0. The van der Waals surface area contributed by atoms with Crippen LogP contribution in [0.2, 0.25) is 0 Å². The lowest BCUT2D eigenvalue weighted by atomic mass is 10.1. The molecule has 0 aromatic heterocycles. The van der Waals surface area contributed by atoms with E-state index in [1.807, 2.05) is 48.5 Å². The van der Waals surface area contributed by atoms with Crippen molar-refractivity contribution in [3.8, 4) is 0 Å². The zero-order valence-electron chi connectivity index (χ0n) is 9.95. The van der Waals surface area contributed by atoms with E-state index in [0.29, 0.717) is 12.3 Å². The van der Waals surface area contributed by atoms with Crippen molar-refractivity contribution in [3.05, 3.63) is 0 Å². The molecule has 0 aromatic carbocycles. The van der Waals surface area contributed by atoms with Crippen LogP contribution in [0, 0.1) is 5.92 Å². The highest BCUT2D eigenvalue weighted by Crippen LogP contribution is 2.09. The molecule has 0 aliphatic carbocycles. The summed E-state index contributed by atoms with van der Waals surface area (Å²) in [5.74, 6) is 0.505. The number of hydrogen-bond donors (Lipinski definition) is 0. The van der Waals surface area contributed by atoms with Gasteiger partial charge in [-0.2, -0.15) is 0 Å². The Hall–Kier alpha value is -0.0700. The van der Waals surface area contributed by atoms with Gasteiger partial charge in [0.05, 0.1) is 0 Å². The van der Waals surface area contributed by atoms with E-state index in [1.165, 1.54) is 0 Å². The first-order valence-electron chi connectivity index (χ1n) is 5.30. The third kappa shape index (κ3) is 22.5. The van der Waals surface area contributed by atoms with Crippen LogP contribution in [0.5, 0.6) is 0 Å².